The van der Waals surface area contributed by atoms with Crippen molar-refractivity contribution >= 4 is 42.1 Å². The molecule has 1 aromatic heterocycles. The van der Waals surface area contributed by atoms with Crippen LogP contribution in [0.25, 0.3) is 10.6 Å². The van der Waals surface area contributed by atoms with Crippen molar-refractivity contribution in [2.24, 2.45) is 5.73 Å². The molecule has 0 bridgehead atoms. The van der Waals surface area contributed by atoms with Gasteiger partial charge >= 0.3 is 0 Å². The van der Waals surface area contributed by atoms with Gasteiger partial charge in [0, 0.05) is 50.2 Å². The van der Waals surface area contributed by atoms with Crippen LogP contribution in [0.5, 0.6) is 0 Å². The largest absolute Gasteiger partial charge is 0.364 e. The molecule has 2 fully saturated rings. The highest BCUT2D eigenvalue weighted by molar-refractivity contribution is 7.13. The molecule has 0 aliphatic carbocycles. The second-order valence-corrected chi connectivity index (χ2v) is 8.03. The third-order valence-corrected chi connectivity index (χ3v) is 6.23. The minimum atomic E-state index is -0.294. The van der Waals surface area contributed by atoms with E-state index in [0.717, 1.165) is 61.8 Å². The Hall–Kier alpha value is -1.22. The number of carbonyl (C=O) groups is 1. The zero-order valence-electron chi connectivity index (χ0n) is 16.2. The highest BCUT2D eigenvalue weighted by Crippen LogP contribution is 2.25. The lowest BCUT2D eigenvalue weighted by Gasteiger charge is -2.35. The van der Waals surface area contributed by atoms with Gasteiger partial charge in [0.05, 0.1) is 11.8 Å². The van der Waals surface area contributed by atoms with Crippen LogP contribution in [0.4, 0.5) is 0 Å². The summed E-state index contributed by atoms with van der Waals surface area (Å²) in [5, 5.41) is 3.20. The smallest absolute Gasteiger partial charge is 0.251 e. The highest BCUT2D eigenvalue weighted by Gasteiger charge is 2.34. The van der Waals surface area contributed by atoms with Gasteiger partial charge < -0.3 is 15.4 Å². The SMILES string of the molecule is Cl.Cl.NC[C@H]1CC[C@@H](C(=O)N2CCN(Cc3csc(-c4ccccc4)n3)CC2)O1. The van der Waals surface area contributed by atoms with Gasteiger partial charge in [-0.3, -0.25) is 9.69 Å². The summed E-state index contributed by atoms with van der Waals surface area (Å²) in [6, 6.07) is 10.3. The Balaban J connectivity index is 0.00000150. The summed E-state index contributed by atoms with van der Waals surface area (Å²) in [4.78, 5) is 21.7. The van der Waals surface area contributed by atoms with Crippen molar-refractivity contribution in [2.75, 3.05) is 32.7 Å². The van der Waals surface area contributed by atoms with Crippen LogP contribution < -0.4 is 5.73 Å². The van der Waals surface area contributed by atoms with Gasteiger partial charge in [-0.05, 0) is 12.8 Å². The number of thiazole rings is 1. The number of benzene rings is 1. The van der Waals surface area contributed by atoms with Crippen molar-refractivity contribution in [3.8, 4) is 10.6 Å². The molecule has 1 amide bonds. The van der Waals surface area contributed by atoms with Crippen molar-refractivity contribution < 1.29 is 9.53 Å². The molecule has 2 N–H and O–H groups in total. The molecule has 2 aliphatic heterocycles. The molecule has 0 unspecified atom stereocenters. The Bertz CT molecular complexity index is 769. The lowest BCUT2D eigenvalue weighted by Crippen LogP contribution is -2.51. The summed E-state index contributed by atoms with van der Waals surface area (Å²) in [7, 11) is 0. The number of nitrogens with two attached hydrogens (primary N) is 1. The molecule has 0 radical (unpaired) electrons. The Morgan fingerprint density at radius 2 is 1.86 bits per heavy atom. The zero-order chi connectivity index (χ0) is 18.6. The maximum atomic E-state index is 12.6. The van der Waals surface area contributed by atoms with Crippen molar-refractivity contribution in [2.45, 2.75) is 31.6 Å². The van der Waals surface area contributed by atoms with E-state index in [0.29, 0.717) is 6.54 Å². The normalized spacial score (nSPS) is 22.0. The molecule has 1 aromatic carbocycles. The van der Waals surface area contributed by atoms with E-state index in [-0.39, 0.29) is 42.9 Å². The molecular weight excluding hydrogens is 431 g/mol. The van der Waals surface area contributed by atoms with Gasteiger partial charge in [-0.25, -0.2) is 4.98 Å². The molecule has 0 spiro atoms. The van der Waals surface area contributed by atoms with Gasteiger partial charge in [-0.15, -0.1) is 36.2 Å². The van der Waals surface area contributed by atoms with E-state index in [9.17, 15) is 4.79 Å². The van der Waals surface area contributed by atoms with Crippen molar-refractivity contribution in [3.05, 3.63) is 41.4 Å². The van der Waals surface area contributed by atoms with E-state index >= 15 is 0 Å². The highest BCUT2D eigenvalue weighted by atomic mass is 35.5. The number of halogens is 2. The van der Waals surface area contributed by atoms with E-state index in [4.69, 9.17) is 15.5 Å². The summed E-state index contributed by atoms with van der Waals surface area (Å²) in [5.41, 5.74) is 7.91. The number of rotatable bonds is 5. The minimum Gasteiger partial charge on any atom is -0.364 e. The second kappa shape index (κ2) is 11.2. The Kier molecular flexibility index (Phi) is 9.33. The van der Waals surface area contributed by atoms with E-state index in [1.807, 2.05) is 23.1 Å². The number of piperazine rings is 1. The molecule has 2 aromatic rings. The number of ether oxygens (including phenoxy) is 1. The summed E-state index contributed by atoms with van der Waals surface area (Å²) in [6.45, 7) is 4.58. The van der Waals surface area contributed by atoms with Crippen molar-refractivity contribution in [1.29, 1.82) is 0 Å². The fraction of sp³-hybridized carbons (Fsp3) is 0.500. The summed E-state index contributed by atoms with van der Waals surface area (Å²) in [5.74, 6) is 0.130. The molecule has 160 valence electrons. The van der Waals surface area contributed by atoms with Gasteiger partial charge in [0.1, 0.15) is 11.1 Å². The van der Waals surface area contributed by atoms with Crippen LogP contribution in [-0.4, -0.2) is 65.6 Å². The lowest BCUT2D eigenvalue weighted by molar-refractivity contribution is -0.144. The van der Waals surface area contributed by atoms with Gasteiger partial charge in [0.15, 0.2) is 0 Å². The first-order valence-corrected chi connectivity index (χ1v) is 10.5. The number of hydrogen-bond donors (Lipinski definition) is 1. The van der Waals surface area contributed by atoms with Crippen molar-refractivity contribution in [3.63, 3.8) is 0 Å². The van der Waals surface area contributed by atoms with E-state index in [1.54, 1.807) is 11.3 Å². The topological polar surface area (TPSA) is 71.7 Å². The van der Waals surface area contributed by atoms with Crippen LogP contribution in [0.15, 0.2) is 35.7 Å². The zero-order valence-corrected chi connectivity index (χ0v) is 18.7. The van der Waals surface area contributed by atoms with Gasteiger partial charge in [-0.1, -0.05) is 30.3 Å². The Morgan fingerprint density at radius 3 is 2.52 bits per heavy atom. The average Bonchev–Trinajstić information content (AvgIpc) is 3.38. The van der Waals surface area contributed by atoms with E-state index in [1.165, 1.54) is 0 Å². The maximum Gasteiger partial charge on any atom is 0.251 e. The molecule has 4 rings (SSSR count). The summed E-state index contributed by atoms with van der Waals surface area (Å²) < 4.78 is 5.75. The van der Waals surface area contributed by atoms with Gasteiger partial charge in [0.2, 0.25) is 0 Å². The monoisotopic (exact) mass is 458 g/mol. The van der Waals surface area contributed by atoms with Crippen LogP contribution in [0.2, 0.25) is 0 Å². The van der Waals surface area contributed by atoms with Gasteiger partial charge in [0.25, 0.3) is 5.91 Å². The summed E-state index contributed by atoms with van der Waals surface area (Å²) >= 11 is 1.69. The molecule has 2 saturated heterocycles. The lowest BCUT2D eigenvalue weighted by atomic mass is 10.1. The average molecular weight is 459 g/mol. The molecule has 9 heteroatoms. The number of nitrogens with zero attached hydrogens (tertiary/aromatic N) is 3. The van der Waals surface area contributed by atoms with Crippen LogP contribution >= 0.6 is 36.2 Å². The molecule has 0 saturated carbocycles. The fourth-order valence-corrected chi connectivity index (χ4v) is 4.53. The second-order valence-electron chi connectivity index (χ2n) is 7.17. The third-order valence-electron chi connectivity index (χ3n) is 5.29. The minimum absolute atomic E-state index is 0. The van der Waals surface area contributed by atoms with E-state index < -0.39 is 0 Å². The number of carbonyl (C=O) groups excluding carboxylic acids is 1. The predicted molar refractivity (Wildman–Crippen MR) is 121 cm³/mol. The predicted octanol–water partition coefficient (Wildman–Crippen LogP) is 2.80. The number of hydrogen-bond acceptors (Lipinski definition) is 6. The third kappa shape index (κ3) is 5.90. The summed E-state index contributed by atoms with van der Waals surface area (Å²) in [6.07, 6.45) is 1.43. The first kappa shape index (κ1) is 24.1. The first-order valence-electron chi connectivity index (χ1n) is 9.59. The Morgan fingerprint density at radius 1 is 1.14 bits per heavy atom. The number of aromatic nitrogens is 1. The quantitative estimate of drug-likeness (QED) is 0.745. The fourth-order valence-electron chi connectivity index (χ4n) is 3.71. The molecule has 3 heterocycles. The van der Waals surface area contributed by atoms with Gasteiger partial charge in [-0.2, -0.15) is 0 Å². The van der Waals surface area contributed by atoms with Crippen LogP contribution in [0, 0.1) is 0 Å². The molecule has 29 heavy (non-hydrogen) atoms. The molecule has 2 atom stereocenters. The van der Waals surface area contributed by atoms with Crippen molar-refractivity contribution in [1.82, 2.24) is 14.8 Å². The maximum absolute atomic E-state index is 12.6. The standard InChI is InChI=1S/C20H26N4O2S.2ClH/c21-12-17-6-7-18(26-17)20(25)24-10-8-23(9-11-24)13-16-14-27-19(22-16)15-4-2-1-3-5-15;;/h1-5,14,17-18H,6-13,21H2;2*1H/t17-,18+;;/m1../s1. The molecular formula is C20H28Cl2N4O2S. The van der Waals surface area contributed by atoms with Crippen LogP contribution in [0.3, 0.4) is 0 Å². The molecule has 2 aliphatic rings. The Labute approximate surface area is 188 Å². The number of amides is 1. The van der Waals surface area contributed by atoms with Crippen LogP contribution in [-0.2, 0) is 16.1 Å². The van der Waals surface area contributed by atoms with E-state index in [2.05, 4.69) is 22.4 Å². The van der Waals surface area contributed by atoms with Crippen LogP contribution in [0.1, 0.15) is 18.5 Å². The first-order chi connectivity index (χ1) is 13.2. The molecule has 6 nitrogen and oxygen atoms in total.